The predicted molar refractivity (Wildman–Crippen MR) is 82.1 cm³/mol. The number of anilines is 1. The first-order valence-corrected chi connectivity index (χ1v) is 6.77. The molecule has 0 fully saturated rings. The van der Waals surface area contributed by atoms with Crippen LogP contribution in [0.1, 0.15) is 45.0 Å². The molecule has 4 heteroatoms. The first kappa shape index (κ1) is 16.2. The van der Waals surface area contributed by atoms with Gasteiger partial charge in [-0.2, -0.15) is 0 Å². The molecule has 0 saturated heterocycles. The van der Waals surface area contributed by atoms with Gasteiger partial charge in [0.2, 0.25) is 0 Å². The van der Waals surface area contributed by atoms with E-state index in [1.165, 1.54) is 6.92 Å². The van der Waals surface area contributed by atoms with Crippen molar-refractivity contribution in [1.29, 1.82) is 0 Å². The second-order valence-electron chi connectivity index (χ2n) is 6.22. The number of urea groups is 1. The van der Waals surface area contributed by atoms with Crippen molar-refractivity contribution in [2.24, 2.45) is 5.41 Å². The Bertz CT molecular complexity index is 503. The van der Waals surface area contributed by atoms with E-state index in [0.717, 1.165) is 0 Å². The molecule has 4 nitrogen and oxygen atoms in total. The molecule has 0 aliphatic rings. The fourth-order valence-electron chi connectivity index (χ4n) is 1.78. The van der Waals surface area contributed by atoms with Crippen molar-refractivity contribution in [3.8, 4) is 0 Å². The molecule has 2 amide bonds. The summed E-state index contributed by atoms with van der Waals surface area (Å²) < 4.78 is 0. The number of benzene rings is 1. The zero-order valence-electron chi connectivity index (χ0n) is 13.2. The van der Waals surface area contributed by atoms with Crippen LogP contribution >= 0.6 is 0 Å². The van der Waals surface area contributed by atoms with Crippen molar-refractivity contribution < 1.29 is 9.59 Å². The molecule has 0 aromatic heterocycles. The van der Waals surface area contributed by atoms with Gasteiger partial charge < -0.3 is 10.2 Å². The van der Waals surface area contributed by atoms with E-state index in [4.69, 9.17) is 0 Å². The Morgan fingerprint density at radius 2 is 1.85 bits per heavy atom. The summed E-state index contributed by atoms with van der Waals surface area (Å²) in [5.41, 5.74) is 1.23. The molecule has 0 saturated carbocycles. The summed E-state index contributed by atoms with van der Waals surface area (Å²) in [6.07, 6.45) is 0. The molecule has 1 N–H and O–H groups in total. The van der Waals surface area contributed by atoms with E-state index in [1.807, 2.05) is 6.92 Å². The third-order valence-corrected chi connectivity index (χ3v) is 3.67. The van der Waals surface area contributed by atoms with Gasteiger partial charge in [0.1, 0.15) is 0 Å². The Morgan fingerprint density at radius 1 is 1.25 bits per heavy atom. The van der Waals surface area contributed by atoms with E-state index in [0.29, 0.717) is 11.3 Å². The van der Waals surface area contributed by atoms with Crippen LogP contribution in [0.4, 0.5) is 10.5 Å². The number of rotatable bonds is 3. The SMILES string of the molecule is CC(=O)c1cccc(NC(=O)N(C)[C@@H](C)C(C)(C)C)c1. The number of carbonyl (C=O) groups is 2. The lowest BCUT2D eigenvalue weighted by atomic mass is 9.87. The predicted octanol–water partition coefficient (Wildman–Crippen LogP) is 3.79. The van der Waals surface area contributed by atoms with E-state index >= 15 is 0 Å². The molecule has 0 radical (unpaired) electrons. The van der Waals surface area contributed by atoms with Crippen LogP contribution < -0.4 is 5.32 Å². The van der Waals surface area contributed by atoms with E-state index in [1.54, 1.807) is 36.2 Å². The van der Waals surface area contributed by atoms with Crippen molar-refractivity contribution in [2.45, 2.75) is 40.7 Å². The van der Waals surface area contributed by atoms with Gasteiger partial charge >= 0.3 is 6.03 Å². The Kier molecular flexibility index (Phi) is 4.93. The fourth-order valence-corrected chi connectivity index (χ4v) is 1.78. The molecule has 20 heavy (non-hydrogen) atoms. The molecule has 0 spiro atoms. The summed E-state index contributed by atoms with van der Waals surface area (Å²) in [6.45, 7) is 9.81. The third kappa shape index (κ3) is 4.08. The van der Waals surface area contributed by atoms with Gasteiger partial charge in [-0.1, -0.05) is 32.9 Å². The normalized spacial score (nSPS) is 12.7. The molecule has 0 unspecified atom stereocenters. The van der Waals surface area contributed by atoms with Crippen molar-refractivity contribution in [3.05, 3.63) is 29.8 Å². The number of hydrogen-bond acceptors (Lipinski definition) is 2. The van der Waals surface area contributed by atoms with Crippen LogP contribution in [0.15, 0.2) is 24.3 Å². The average molecular weight is 276 g/mol. The van der Waals surface area contributed by atoms with E-state index in [-0.39, 0.29) is 23.3 Å². The van der Waals surface area contributed by atoms with E-state index in [9.17, 15) is 9.59 Å². The number of carbonyl (C=O) groups excluding carboxylic acids is 2. The number of nitrogens with one attached hydrogen (secondary N) is 1. The fraction of sp³-hybridized carbons (Fsp3) is 0.500. The number of amides is 2. The van der Waals surface area contributed by atoms with Crippen LogP contribution in [0.3, 0.4) is 0 Å². The molecule has 0 aliphatic carbocycles. The molecule has 0 heterocycles. The quantitative estimate of drug-likeness (QED) is 0.854. The summed E-state index contributed by atoms with van der Waals surface area (Å²) in [4.78, 5) is 25.2. The summed E-state index contributed by atoms with van der Waals surface area (Å²) in [6, 6.07) is 6.89. The molecule has 0 bridgehead atoms. The maximum Gasteiger partial charge on any atom is 0.321 e. The first-order valence-electron chi connectivity index (χ1n) is 6.77. The second kappa shape index (κ2) is 6.07. The van der Waals surface area contributed by atoms with E-state index in [2.05, 4.69) is 26.1 Å². The summed E-state index contributed by atoms with van der Waals surface area (Å²) in [5, 5.41) is 2.82. The minimum absolute atomic E-state index is 0.00726. The van der Waals surface area contributed by atoms with Crippen molar-refractivity contribution in [1.82, 2.24) is 4.90 Å². The smallest absolute Gasteiger partial charge is 0.321 e. The van der Waals surface area contributed by atoms with Crippen LogP contribution in [0.25, 0.3) is 0 Å². The zero-order chi connectivity index (χ0) is 15.5. The third-order valence-electron chi connectivity index (χ3n) is 3.67. The molecule has 1 rings (SSSR count). The lowest BCUT2D eigenvalue weighted by molar-refractivity contribution is 0.101. The van der Waals surface area contributed by atoms with Crippen LogP contribution in [-0.4, -0.2) is 29.8 Å². The molecule has 1 atom stereocenters. The molecule has 110 valence electrons. The highest BCUT2D eigenvalue weighted by Gasteiger charge is 2.26. The highest BCUT2D eigenvalue weighted by molar-refractivity contribution is 5.96. The van der Waals surface area contributed by atoms with Gasteiger partial charge in [0, 0.05) is 24.3 Å². The largest absolute Gasteiger partial charge is 0.324 e. The molecular formula is C16H24N2O2. The molecule has 0 aliphatic heterocycles. The first-order chi connectivity index (χ1) is 9.12. The number of nitrogens with zero attached hydrogens (tertiary/aromatic N) is 1. The average Bonchev–Trinajstić information content (AvgIpc) is 2.36. The van der Waals surface area contributed by atoms with Crippen molar-refractivity contribution in [2.75, 3.05) is 12.4 Å². The Balaban J connectivity index is 2.81. The van der Waals surface area contributed by atoms with Gasteiger partial charge in [-0.3, -0.25) is 4.79 Å². The van der Waals surface area contributed by atoms with Crippen LogP contribution in [-0.2, 0) is 0 Å². The number of Topliss-reactive ketones (excluding diaryl/α,β-unsaturated/α-hetero) is 1. The molecule has 1 aromatic rings. The van der Waals surface area contributed by atoms with Gasteiger partial charge in [-0.05, 0) is 31.4 Å². The lowest BCUT2D eigenvalue weighted by Crippen LogP contribution is -2.44. The summed E-state index contributed by atoms with van der Waals surface area (Å²) in [7, 11) is 1.78. The maximum absolute atomic E-state index is 12.2. The van der Waals surface area contributed by atoms with Crippen molar-refractivity contribution >= 4 is 17.5 Å². The Labute approximate surface area is 121 Å². The van der Waals surface area contributed by atoms with Crippen LogP contribution in [0, 0.1) is 5.41 Å². The minimum atomic E-state index is -0.173. The maximum atomic E-state index is 12.2. The monoisotopic (exact) mass is 276 g/mol. The number of ketones is 1. The van der Waals surface area contributed by atoms with Gasteiger partial charge in [-0.25, -0.2) is 4.79 Å². The Hall–Kier alpha value is -1.84. The zero-order valence-corrected chi connectivity index (χ0v) is 13.2. The van der Waals surface area contributed by atoms with E-state index < -0.39 is 0 Å². The standard InChI is InChI=1S/C16H24N2O2/c1-11(19)13-8-7-9-14(10-13)17-15(20)18(6)12(2)16(3,4)5/h7-10,12H,1-6H3,(H,17,20)/t12-/m0/s1. The van der Waals surface area contributed by atoms with Crippen molar-refractivity contribution in [3.63, 3.8) is 0 Å². The highest BCUT2D eigenvalue weighted by atomic mass is 16.2. The van der Waals surface area contributed by atoms with Gasteiger partial charge in [-0.15, -0.1) is 0 Å². The van der Waals surface area contributed by atoms with Gasteiger partial charge in [0.05, 0.1) is 0 Å². The molecular weight excluding hydrogens is 252 g/mol. The minimum Gasteiger partial charge on any atom is -0.324 e. The van der Waals surface area contributed by atoms with Crippen LogP contribution in [0.5, 0.6) is 0 Å². The lowest BCUT2D eigenvalue weighted by Gasteiger charge is -2.35. The Morgan fingerprint density at radius 3 is 2.35 bits per heavy atom. The summed E-state index contributed by atoms with van der Waals surface area (Å²) >= 11 is 0. The topological polar surface area (TPSA) is 49.4 Å². The summed E-state index contributed by atoms with van der Waals surface area (Å²) in [5.74, 6) is -0.0162. The number of hydrogen-bond donors (Lipinski definition) is 1. The van der Waals surface area contributed by atoms with Gasteiger partial charge in [0.25, 0.3) is 0 Å². The molecule has 1 aromatic carbocycles. The van der Waals surface area contributed by atoms with Gasteiger partial charge in [0.15, 0.2) is 5.78 Å². The second-order valence-corrected chi connectivity index (χ2v) is 6.22. The van der Waals surface area contributed by atoms with Crippen LogP contribution in [0.2, 0.25) is 0 Å². The highest BCUT2D eigenvalue weighted by Crippen LogP contribution is 2.23.